The van der Waals surface area contributed by atoms with Gasteiger partial charge in [0.15, 0.2) is 0 Å². The molecular weight excluding hydrogens is 576 g/mol. The summed E-state index contributed by atoms with van der Waals surface area (Å²) in [5.41, 5.74) is 14.8. The maximum absolute atomic E-state index is 13.8. The molecule has 2 aromatic heterocycles. The second kappa shape index (κ2) is 16.2. The summed E-state index contributed by atoms with van der Waals surface area (Å²) in [5.74, 6) is -3.03. The summed E-state index contributed by atoms with van der Waals surface area (Å²) in [7, 11) is 0. The molecule has 0 aliphatic carbocycles. The van der Waals surface area contributed by atoms with Gasteiger partial charge in [-0.05, 0) is 49.4 Å². The van der Waals surface area contributed by atoms with E-state index in [1.807, 2.05) is 54.6 Å². The smallest absolute Gasteiger partial charge is 0.326 e. The summed E-state index contributed by atoms with van der Waals surface area (Å²) in [6, 6.07) is 12.4. The van der Waals surface area contributed by atoms with Crippen molar-refractivity contribution in [3.05, 3.63) is 90.1 Å². The van der Waals surface area contributed by atoms with Crippen LogP contribution in [0.4, 0.5) is 0 Å². The number of hydrogen-bond acceptors (Lipinski definition) is 7. The summed E-state index contributed by atoms with van der Waals surface area (Å²) < 4.78 is 0. The molecule has 0 saturated carbocycles. The number of carboxylic acids is 1. The third kappa shape index (κ3) is 9.49. The van der Waals surface area contributed by atoms with Gasteiger partial charge in [0.1, 0.15) is 18.1 Å². The number of H-pyrrole nitrogens is 2. The van der Waals surface area contributed by atoms with E-state index in [4.69, 9.17) is 11.5 Å². The van der Waals surface area contributed by atoms with Crippen molar-refractivity contribution in [2.75, 3.05) is 6.54 Å². The van der Waals surface area contributed by atoms with Crippen LogP contribution in [0.2, 0.25) is 0 Å². The number of nitrogens with two attached hydrogens (primary N) is 2. The molecule has 10 N–H and O–H groups in total. The molecule has 0 saturated heterocycles. The van der Waals surface area contributed by atoms with Gasteiger partial charge in [-0.3, -0.25) is 14.4 Å². The number of nitrogens with one attached hydrogen (secondary N) is 5. The Hall–Kier alpha value is -5.01. The van der Waals surface area contributed by atoms with Gasteiger partial charge in [-0.15, -0.1) is 0 Å². The first kappa shape index (κ1) is 32.9. The van der Waals surface area contributed by atoms with E-state index in [1.165, 1.54) is 12.5 Å². The van der Waals surface area contributed by atoms with Crippen molar-refractivity contribution >= 4 is 34.6 Å². The summed E-state index contributed by atoms with van der Waals surface area (Å²) >= 11 is 0. The number of imidazole rings is 1. The van der Waals surface area contributed by atoms with Gasteiger partial charge in [-0.2, -0.15) is 0 Å². The summed E-state index contributed by atoms with van der Waals surface area (Å²) in [6.45, 7) is 0.401. The average Bonchev–Trinajstić information content (AvgIpc) is 3.70. The normalized spacial score (nSPS) is 13.8. The third-order valence-electron chi connectivity index (χ3n) is 7.54. The molecule has 2 aromatic carbocycles. The number of carbonyl (C=O) groups is 4. The minimum atomic E-state index is -1.19. The fourth-order valence-electron chi connectivity index (χ4n) is 5.09. The van der Waals surface area contributed by atoms with Crippen molar-refractivity contribution in [2.45, 2.75) is 62.7 Å². The van der Waals surface area contributed by atoms with Gasteiger partial charge in [0.05, 0.1) is 12.4 Å². The fraction of sp³-hybridized carbons (Fsp3) is 0.344. The molecule has 45 heavy (non-hydrogen) atoms. The Morgan fingerprint density at radius 2 is 1.47 bits per heavy atom. The summed E-state index contributed by atoms with van der Waals surface area (Å²) in [5, 5.41) is 18.7. The molecule has 0 aliphatic rings. The van der Waals surface area contributed by atoms with Crippen molar-refractivity contribution in [3.8, 4) is 0 Å². The van der Waals surface area contributed by atoms with E-state index in [-0.39, 0.29) is 25.7 Å². The highest BCUT2D eigenvalue weighted by Crippen LogP contribution is 2.19. The molecule has 13 heteroatoms. The highest BCUT2D eigenvalue weighted by Gasteiger charge is 2.31. The lowest BCUT2D eigenvalue weighted by molar-refractivity contribution is -0.142. The number of amides is 3. The van der Waals surface area contributed by atoms with Crippen molar-refractivity contribution < 1.29 is 24.3 Å². The van der Waals surface area contributed by atoms with Crippen LogP contribution in [0, 0.1) is 0 Å². The zero-order chi connectivity index (χ0) is 32.2. The molecule has 0 bridgehead atoms. The number of benzene rings is 2. The molecule has 4 unspecified atom stereocenters. The first-order valence-corrected chi connectivity index (χ1v) is 14.9. The number of unbranched alkanes of at least 4 members (excludes halogenated alkanes) is 1. The van der Waals surface area contributed by atoms with E-state index in [1.54, 1.807) is 6.20 Å². The molecule has 0 radical (unpaired) electrons. The highest BCUT2D eigenvalue weighted by molar-refractivity contribution is 5.95. The van der Waals surface area contributed by atoms with Crippen molar-refractivity contribution in [3.63, 3.8) is 0 Å². The third-order valence-corrected chi connectivity index (χ3v) is 7.54. The molecule has 238 valence electrons. The van der Waals surface area contributed by atoms with E-state index in [0.29, 0.717) is 25.1 Å². The lowest BCUT2D eigenvalue weighted by atomic mass is 10.0. The van der Waals surface area contributed by atoms with E-state index in [9.17, 15) is 24.3 Å². The Kier molecular flexibility index (Phi) is 11.8. The van der Waals surface area contributed by atoms with Crippen LogP contribution in [0.25, 0.3) is 10.9 Å². The van der Waals surface area contributed by atoms with Gasteiger partial charge in [-0.25, -0.2) is 9.78 Å². The van der Waals surface area contributed by atoms with Crippen molar-refractivity contribution in [1.82, 2.24) is 30.9 Å². The lowest BCUT2D eigenvalue weighted by Crippen LogP contribution is -2.58. The zero-order valence-corrected chi connectivity index (χ0v) is 24.9. The van der Waals surface area contributed by atoms with Crippen molar-refractivity contribution in [2.24, 2.45) is 11.5 Å². The topological polar surface area (TPSA) is 221 Å². The number of fused-ring (bicyclic) bond motifs is 1. The highest BCUT2D eigenvalue weighted by atomic mass is 16.4. The Morgan fingerprint density at radius 1 is 0.800 bits per heavy atom. The molecule has 13 nitrogen and oxygen atoms in total. The van der Waals surface area contributed by atoms with Crippen molar-refractivity contribution in [1.29, 1.82) is 0 Å². The van der Waals surface area contributed by atoms with Gasteiger partial charge in [0.2, 0.25) is 17.7 Å². The molecule has 3 amide bonds. The number of aliphatic carboxylic acids is 1. The summed E-state index contributed by atoms with van der Waals surface area (Å²) in [4.78, 5) is 62.6. The fourth-order valence-corrected chi connectivity index (χ4v) is 5.09. The Bertz CT molecular complexity index is 1560. The van der Waals surface area contributed by atoms with E-state index < -0.39 is 47.9 Å². The predicted octanol–water partition coefficient (Wildman–Crippen LogP) is 0.914. The minimum Gasteiger partial charge on any atom is -0.480 e. The SMILES string of the molecule is NCCCCC(NC(=O)C(Cc1c[nH]c2ccccc12)NC(=O)C(Cc1cnc[nH]1)NC(=O)C(N)Cc1ccccc1)C(=O)O. The average molecular weight is 617 g/mol. The van der Waals surface area contributed by atoms with Gasteiger partial charge >= 0.3 is 5.97 Å². The molecule has 0 fully saturated rings. The molecular formula is C32H40N8O5. The van der Waals surface area contributed by atoms with E-state index >= 15 is 0 Å². The van der Waals surface area contributed by atoms with Gasteiger partial charge in [0, 0.05) is 41.8 Å². The molecule has 4 rings (SSSR count). The van der Waals surface area contributed by atoms with Gasteiger partial charge < -0.3 is 42.5 Å². The number of aromatic nitrogens is 3. The van der Waals surface area contributed by atoms with E-state index in [2.05, 4.69) is 30.9 Å². The summed E-state index contributed by atoms with van der Waals surface area (Å²) in [6.07, 6.45) is 6.41. The Labute approximate surface area is 260 Å². The van der Waals surface area contributed by atoms with Crippen LogP contribution in [0.3, 0.4) is 0 Å². The number of nitrogens with zero attached hydrogens (tertiary/aromatic N) is 1. The Balaban J connectivity index is 1.55. The number of carbonyl (C=O) groups excluding carboxylic acids is 3. The molecule has 0 aliphatic heterocycles. The minimum absolute atomic E-state index is 0.0495. The molecule has 0 spiro atoms. The van der Waals surface area contributed by atoms with Crippen LogP contribution in [0.15, 0.2) is 73.3 Å². The van der Waals surface area contributed by atoms with Crippen LogP contribution in [-0.4, -0.2) is 74.5 Å². The standard InChI is InChI=1S/C32H40N8O5/c33-13-7-6-12-26(32(44)45)38-30(42)27(15-21-17-36-25-11-5-4-10-23(21)25)40-31(43)28(16-22-18-35-19-37-22)39-29(41)24(34)14-20-8-2-1-3-9-20/h1-5,8-11,17-19,24,26-28,36H,6-7,12-16,33-34H2,(H,35,37)(H,38,42)(H,39,41)(H,40,43)(H,44,45). The predicted molar refractivity (Wildman–Crippen MR) is 169 cm³/mol. The number of rotatable bonds is 17. The monoisotopic (exact) mass is 616 g/mol. The number of para-hydroxylation sites is 1. The molecule has 4 atom stereocenters. The van der Waals surface area contributed by atoms with Gasteiger partial charge in [0.25, 0.3) is 0 Å². The van der Waals surface area contributed by atoms with Crippen LogP contribution in [-0.2, 0) is 38.4 Å². The largest absolute Gasteiger partial charge is 0.480 e. The first-order chi connectivity index (χ1) is 21.7. The van der Waals surface area contributed by atoms with E-state index in [0.717, 1.165) is 22.0 Å². The van der Waals surface area contributed by atoms with Crippen LogP contribution in [0.1, 0.15) is 36.1 Å². The van der Waals surface area contributed by atoms with Gasteiger partial charge in [-0.1, -0.05) is 48.5 Å². The van der Waals surface area contributed by atoms with Crippen LogP contribution >= 0.6 is 0 Å². The first-order valence-electron chi connectivity index (χ1n) is 14.9. The Morgan fingerprint density at radius 3 is 2.16 bits per heavy atom. The second-order valence-electron chi connectivity index (χ2n) is 10.9. The zero-order valence-electron chi connectivity index (χ0n) is 24.9. The maximum Gasteiger partial charge on any atom is 0.326 e. The molecule has 2 heterocycles. The lowest BCUT2D eigenvalue weighted by Gasteiger charge is -2.25. The second-order valence-corrected chi connectivity index (χ2v) is 10.9. The number of hydrogen-bond donors (Lipinski definition) is 8. The molecule has 4 aromatic rings. The quantitative estimate of drug-likeness (QED) is 0.0795. The van der Waals surface area contributed by atoms with Crippen LogP contribution in [0.5, 0.6) is 0 Å². The maximum atomic E-state index is 13.8. The number of carboxylic acid groups (broad SMARTS) is 1. The number of aromatic amines is 2. The van der Waals surface area contributed by atoms with Crippen LogP contribution < -0.4 is 27.4 Å².